The van der Waals surface area contributed by atoms with Crippen LogP contribution in [0.25, 0.3) is 0 Å². The molecule has 1 aliphatic carbocycles. The summed E-state index contributed by atoms with van der Waals surface area (Å²) in [6.07, 6.45) is 4.62. The Balaban J connectivity index is 1.96. The fourth-order valence-corrected chi connectivity index (χ4v) is 3.03. The van der Waals surface area contributed by atoms with Gasteiger partial charge in [-0.3, -0.25) is 0 Å². The van der Waals surface area contributed by atoms with Crippen LogP contribution in [0.1, 0.15) is 49.0 Å². The van der Waals surface area contributed by atoms with Gasteiger partial charge in [0.1, 0.15) is 10.5 Å². The third-order valence-electron chi connectivity index (χ3n) is 3.50. The summed E-state index contributed by atoms with van der Waals surface area (Å²) in [5.74, 6) is 2.20. The second kappa shape index (κ2) is 4.78. The SMILES string of the molecule is S=c1nc(C2CCOCC2)[nH]c(C2CC2)c1Br. The standard InChI is InChI=1S/C12H15BrN2OS/c13-9-10(7-1-2-7)14-11(15-12(9)17)8-3-5-16-6-4-8/h7-8H,1-6H2,(H,14,15,17). The Bertz CT molecular complexity index is 478. The van der Waals surface area contributed by atoms with Crippen LogP contribution < -0.4 is 0 Å². The first kappa shape index (κ1) is 11.8. The Labute approximate surface area is 114 Å². The molecule has 0 spiro atoms. The number of H-pyrrole nitrogens is 1. The second-order valence-electron chi connectivity index (χ2n) is 4.82. The topological polar surface area (TPSA) is 37.9 Å². The van der Waals surface area contributed by atoms with Crippen molar-refractivity contribution in [3.05, 3.63) is 20.6 Å². The van der Waals surface area contributed by atoms with E-state index in [1.165, 1.54) is 18.5 Å². The summed E-state index contributed by atoms with van der Waals surface area (Å²) in [4.78, 5) is 8.03. The lowest BCUT2D eigenvalue weighted by Crippen LogP contribution is -2.17. The van der Waals surface area contributed by atoms with Crippen molar-refractivity contribution in [2.45, 2.75) is 37.5 Å². The van der Waals surface area contributed by atoms with Crippen LogP contribution in [-0.4, -0.2) is 23.2 Å². The molecule has 1 aromatic heterocycles. The zero-order valence-corrected chi connectivity index (χ0v) is 11.9. The van der Waals surface area contributed by atoms with Crippen LogP contribution in [-0.2, 0) is 4.74 Å². The first-order valence-corrected chi connectivity index (χ1v) is 7.33. The van der Waals surface area contributed by atoms with E-state index in [0.717, 1.165) is 36.4 Å². The lowest BCUT2D eigenvalue weighted by molar-refractivity contribution is 0.0835. The summed E-state index contributed by atoms with van der Waals surface area (Å²) in [6, 6.07) is 0. The minimum Gasteiger partial charge on any atom is -0.381 e. The number of aromatic nitrogens is 2. The highest BCUT2D eigenvalue weighted by Crippen LogP contribution is 2.42. The fourth-order valence-electron chi connectivity index (χ4n) is 2.31. The predicted octanol–water partition coefficient (Wildman–Crippen LogP) is 3.67. The zero-order chi connectivity index (χ0) is 11.8. The van der Waals surface area contributed by atoms with Gasteiger partial charge in [0, 0.05) is 30.7 Å². The van der Waals surface area contributed by atoms with Gasteiger partial charge in [0.2, 0.25) is 0 Å². The van der Waals surface area contributed by atoms with Crippen molar-refractivity contribution < 1.29 is 4.74 Å². The molecule has 2 fully saturated rings. The monoisotopic (exact) mass is 314 g/mol. The molecule has 0 unspecified atom stereocenters. The van der Waals surface area contributed by atoms with E-state index >= 15 is 0 Å². The molecule has 17 heavy (non-hydrogen) atoms. The molecule has 2 heterocycles. The van der Waals surface area contributed by atoms with Crippen molar-refractivity contribution in [1.82, 2.24) is 9.97 Å². The molecule has 0 atom stereocenters. The molecule has 3 nitrogen and oxygen atoms in total. The number of rotatable bonds is 2. The Hall–Kier alpha value is -0.260. The van der Waals surface area contributed by atoms with Crippen molar-refractivity contribution in [2.75, 3.05) is 13.2 Å². The smallest absolute Gasteiger partial charge is 0.144 e. The Morgan fingerprint density at radius 2 is 1.88 bits per heavy atom. The molecule has 0 amide bonds. The van der Waals surface area contributed by atoms with Crippen molar-refractivity contribution in [3.63, 3.8) is 0 Å². The molecule has 0 radical (unpaired) electrons. The highest BCUT2D eigenvalue weighted by Gasteiger charge is 2.28. The van der Waals surface area contributed by atoms with E-state index < -0.39 is 0 Å². The molecule has 5 heteroatoms. The van der Waals surface area contributed by atoms with Crippen LogP contribution >= 0.6 is 28.1 Å². The maximum Gasteiger partial charge on any atom is 0.144 e. The second-order valence-corrected chi connectivity index (χ2v) is 6.00. The Kier molecular flexibility index (Phi) is 3.32. The lowest BCUT2D eigenvalue weighted by atomic mass is 9.99. The minimum absolute atomic E-state index is 0.482. The molecule has 1 aliphatic heterocycles. The zero-order valence-electron chi connectivity index (χ0n) is 9.54. The van der Waals surface area contributed by atoms with E-state index in [1.54, 1.807) is 0 Å². The molecular formula is C12H15BrN2OS. The number of halogens is 1. The van der Waals surface area contributed by atoms with Crippen LogP contribution in [0.15, 0.2) is 4.47 Å². The summed E-state index contributed by atoms with van der Waals surface area (Å²) < 4.78 is 7.08. The average Bonchev–Trinajstić information content (AvgIpc) is 3.18. The van der Waals surface area contributed by atoms with Crippen LogP contribution in [0.4, 0.5) is 0 Å². The third-order valence-corrected chi connectivity index (χ3v) is 4.86. The van der Waals surface area contributed by atoms with E-state index in [9.17, 15) is 0 Å². The molecule has 1 aromatic rings. The first-order chi connectivity index (χ1) is 8.25. The van der Waals surface area contributed by atoms with Crippen LogP contribution in [0, 0.1) is 4.64 Å². The van der Waals surface area contributed by atoms with Crippen LogP contribution in [0.3, 0.4) is 0 Å². The number of nitrogens with zero attached hydrogens (tertiary/aromatic N) is 1. The quantitative estimate of drug-likeness (QED) is 0.846. The molecule has 0 aromatic carbocycles. The molecule has 0 bridgehead atoms. The van der Waals surface area contributed by atoms with E-state index in [0.29, 0.717) is 16.5 Å². The maximum absolute atomic E-state index is 5.39. The predicted molar refractivity (Wildman–Crippen MR) is 71.9 cm³/mol. The van der Waals surface area contributed by atoms with Gasteiger partial charge in [0.25, 0.3) is 0 Å². The van der Waals surface area contributed by atoms with Crippen molar-refractivity contribution in [1.29, 1.82) is 0 Å². The van der Waals surface area contributed by atoms with Gasteiger partial charge in [-0.1, -0.05) is 12.2 Å². The summed E-state index contributed by atoms with van der Waals surface area (Å²) in [6.45, 7) is 1.67. The van der Waals surface area contributed by atoms with Gasteiger partial charge in [0.15, 0.2) is 0 Å². The van der Waals surface area contributed by atoms with Crippen molar-refractivity contribution in [2.24, 2.45) is 0 Å². The fraction of sp³-hybridized carbons (Fsp3) is 0.667. The van der Waals surface area contributed by atoms with Gasteiger partial charge >= 0.3 is 0 Å². The minimum atomic E-state index is 0.482. The molecule has 1 saturated carbocycles. The molecule has 92 valence electrons. The lowest BCUT2D eigenvalue weighted by Gasteiger charge is -2.22. The number of nitrogens with one attached hydrogen (secondary N) is 1. The van der Waals surface area contributed by atoms with Gasteiger partial charge in [-0.25, -0.2) is 4.98 Å². The molecule has 1 N–H and O–H groups in total. The van der Waals surface area contributed by atoms with E-state index in [-0.39, 0.29) is 0 Å². The average molecular weight is 315 g/mol. The van der Waals surface area contributed by atoms with E-state index in [2.05, 4.69) is 25.9 Å². The summed E-state index contributed by atoms with van der Waals surface area (Å²) >= 11 is 8.89. The normalized spacial score (nSPS) is 21.7. The van der Waals surface area contributed by atoms with E-state index in [4.69, 9.17) is 17.0 Å². The highest BCUT2D eigenvalue weighted by atomic mass is 79.9. The third kappa shape index (κ3) is 2.46. The Morgan fingerprint density at radius 1 is 1.18 bits per heavy atom. The summed E-state index contributed by atoms with van der Waals surface area (Å²) in [5, 5.41) is 0. The van der Waals surface area contributed by atoms with Gasteiger partial charge < -0.3 is 9.72 Å². The number of aromatic amines is 1. The number of hydrogen-bond donors (Lipinski definition) is 1. The number of hydrogen-bond acceptors (Lipinski definition) is 3. The largest absolute Gasteiger partial charge is 0.381 e. The summed E-state index contributed by atoms with van der Waals surface area (Å²) in [5.41, 5.74) is 1.26. The Morgan fingerprint density at radius 3 is 2.53 bits per heavy atom. The number of ether oxygens (including phenoxy) is 1. The van der Waals surface area contributed by atoms with Crippen molar-refractivity contribution >= 4 is 28.1 Å². The molecular weight excluding hydrogens is 300 g/mol. The van der Waals surface area contributed by atoms with Crippen LogP contribution in [0.2, 0.25) is 0 Å². The molecule has 1 saturated heterocycles. The van der Waals surface area contributed by atoms with Crippen LogP contribution in [0.5, 0.6) is 0 Å². The first-order valence-electron chi connectivity index (χ1n) is 6.13. The molecule has 3 rings (SSSR count). The van der Waals surface area contributed by atoms with Crippen molar-refractivity contribution in [3.8, 4) is 0 Å². The van der Waals surface area contributed by atoms with E-state index in [1.807, 2.05) is 0 Å². The van der Waals surface area contributed by atoms with Gasteiger partial charge in [-0.05, 0) is 41.6 Å². The highest BCUT2D eigenvalue weighted by molar-refractivity contribution is 9.10. The summed E-state index contributed by atoms with van der Waals surface area (Å²) in [7, 11) is 0. The molecule has 2 aliphatic rings. The van der Waals surface area contributed by atoms with Gasteiger partial charge in [-0.15, -0.1) is 0 Å². The van der Waals surface area contributed by atoms with Gasteiger partial charge in [0.05, 0.1) is 4.47 Å². The van der Waals surface area contributed by atoms with Gasteiger partial charge in [-0.2, -0.15) is 0 Å². The maximum atomic E-state index is 5.39.